The van der Waals surface area contributed by atoms with Crippen LogP contribution in [0, 0.1) is 6.92 Å². The van der Waals surface area contributed by atoms with Gasteiger partial charge < -0.3 is 10.1 Å². The molecule has 1 aromatic heterocycles. The number of thioether (sulfide) groups is 1. The number of hydrogen-bond donors (Lipinski definition) is 1. The summed E-state index contributed by atoms with van der Waals surface area (Å²) < 4.78 is 6.44. The molecular weight excluding hydrogens is 304 g/mol. The highest BCUT2D eigenvalue weighted by molar-refractivity contribution is 7.99. The molecule has 1 aromatic carbocycles. The molecule has 0 radical (unpaired) electrons. The van der Waals surface area contributed by atoms with Crippen LogP contribution >= 0.6 is 11.8 Å². The molecule has 0 saturated heterocycles. The molecule has 0 aliphatic heterocycles. The standard InChI is InChI=1S/C14H16N4O3S/c1-9-16-17-14(22-8-13(20)21-3)18(9)12-6-4-5-11(7-12)15-10(2)19/h4-7H,8H2,1-3H3,(H,15,19). The van der Waals surface area contributed by atoms with Crippen molar-refractivity contribution in [1.29, 1.82) is 0 Å². The fourth-order valence-corrected chi connectivity index (χ4v) is 2.67. The summed E-state index contributed by atoms with van der Waals surface area (Å²) in [6.07, 6.45) is 0. The number of aromatic nitrogens is 3. The molecule has 2 rings (SSSR count). The largest absolute Gasteiger partial charge is 0.468 e. The highest BCUT2D eigenvalue weighted by Gasteiger charge is 2.14. The molecule has 0 spiro atoms. The Balaban J connectivity index is 2.30. The normalized spacial score (nSPS) is 10.3. The topological polar surface area (TPSA) is 86.1 Å². The van der Waals surface area contributed by atoms with Crippen LogP contribution < -0.4 is 5.32 Å². The maximum atomic E-state index is 11.3. The van der Waals surface area contributed by atoms with Gasteiger partial charge in [0.15, 0.2) is 5.16 Å². The summed E-state index contributed by atoms with van der Waals surface area (Å²) in [5, 5.41) is 11.4. The second kappa shape index (κ2) is 7.08. The third-order valence-electron chi connectivity index (χ3n) is 2.77. The molecule has 22 heavy (non-hydrogen) atoms. The van der Waals surface area contributed by atoms with Crippen LogP contribution in [0.2, 0.25) is 0 Å². The Morgan fingerprint density at radius 1 is 1.36 bits per heavy atom. The lowest BCUT2D eigenvalue weighted by Gasteiger charge is -2.10. The maximum absolute atomic E-state index is 11.3. The van der Waals surface area contributed by atoms with Crippen molar-refractivity contribution < 1.29 is 14.3 Å². The molecular formula is C14H16N4O3S. The Labute approximate surface area is 132 Å². The highest BCUT2D eigenvalue weighted by atomic mass is 32.2. The van der Waals surface area contributed by atoms with Gasteiger partial charge in [-0.15, -0.1) is 10.2 Å². The number of benzene rings is 1. The molecule has 1 heterocycles. The summed E-state index contributed by atoms with van der Waals surface area (Å²) in [5.41, 5.74) is 1.49. The van der Waals surface area contributed by atoms with E-state index in [1.807, 2.05) is 29.7 Å². The first-order valence-electron chi connectivity index (χ1n) is 6.51. The predicted octanol–water partition coefficient (Wildman–Crippen LogP) is 1.80. The first-order valence-corrected chi connectivity index (χ1v) is 7.49. The van der Waals surface area contributed by atoms with E-state index in [0.29, 0.717) is 16.7 Å². The second-order valence-electron chi connectivity index (χ2n) is 4.46. The number of esters is 1. The van der Waals surface area contributed by atoms with Gasteiger partial charge in [0, 0.05) is 12.6 Å². The number of carbonyl (C=O) groups excluding carboxylic acids is 2. The van der Waals surface area contributed by atoms with Gasteiger partial charge in [0.1, 0.15) is 5.82 Å². The number of nitrogens with one attached hydrogen (secondary N) is 1. The summed E-state index contributed by atoms with van der Waals surface area (Å²) >= 11 is 1.24. The third kappa shape index (κ3) is 3.85. The zero-order chi connectivity index (χ0) is 16.1. The number of anilines is 1. The molecule has 116 valence electrons. The SMILES string of the molecule is COC(=O)CSc1nnc(C)n1-c1cccc(NC(C)=O)c1. The number of methoxy groups -OCH3 is 1. The van der Waals surface area contributed by atoms with Gasteiger partial charge in [0.05, 0.1) is 18.6 Å². The van der Waals surface area contributed by atoms with Gasteiger partial charge in [-0.1, -0.05) is 17.8 Å². The zero-order valence-electron chi connectivity index (χ0n) is 12.5. The van der Waals surface area contributed by atoms with Crippen LogP contribution in [0.1, 0.15) is 12.7 Å². The lowest BCUT2D eigenvalue weighted by atomic mass is 10.2. The third-order valence-corrected chi connectivity index (χ3v) is 3.67. The Kier molecular flexibility index (Phi) is 5.16. The van der Waals surface area contributed by atoms with E-state index in [4.69, 9.17) is 0 Å². The van der Waals surface area contributed by atoms with Crippen LogP contribution in [-0.4, -0.2) is 39.5 Å². The Morgan fingerprint density at radius 3 is 2.82 bits per heavy atom. The molecule has 8 heteroatoms. The fourth-order valence-electron chi connectivity index (χ4n) is 1.84. The van der Waals surface area contributed by atoms with E-state index in [9.17, 15) is 9.59 Å². The average Bonchev–Trinajstić information content (AvgIpc) is 2.85. The molecule has 0 bridgehead atoms. The van der Waals surface area contributed by atoms with Crippen molar-refractivity contribution >= 4 is 29.3 Å². The molecule has 0 aliphatic carbocycles. The first kappa shape index (κ1) is 16.0. The molecule has 0 fully saturated rings. The van der Waals surface area contributed by atoms with Crippen LogP contribution in [0.4, 0.5) is 5.69 Å². The van der Waals surface area contributed by atoms with Crippen LogP contribution in [0.25, 0.3) is 5.69 Å². The number of amides is 1. The van der Waals surface area contributed by atoms with E-state index in [2.05, 4.69) is 20.3 Å². The molecule has 1 amide bonds. The minimum atomic E-state index is -0.329. The summed E-state index contributed by atoms with van der Waals surface area (Å²) in [6.45, 7) is 3.27. The lowest BCUT2D eigenvalue weighted by molar-refractivity contribution is -0.137. The molecule has 0 unspecified atom stereocenters. The van der Waals surface area contributed by atoms with E-state index in [-0.39, 0.29) is 17.6 Å². The fraction of sp³-hybridized carbons (Fsp3) is 0.286. The van der Waals surface area contributed by atoms with Gasteiger partial charge in [-0.25, -0.2) is 0 Å². The van der Waals surface area contributed by atoms with Crippen molar-refractivity contribution in [2.45, 2.75) is 19.0 Å². The van der Waals surface area contributed by atoms with Crippen LogP contribution in [0.5, 0.6) is 0 Å². The van der Waals surface area contributed by atoms with Crippen molar-refractivity contribution in [3.8, 4) is 5.69 Å². The number of carbonyl (C=O) groups is 2. The Hall–Kier alpha value is -2.35. The number of aryl methyl sites for hydroxylation is 1. The van der Waals surface area contributed by atoms with Crippen molar-refractivity contribution in [3.05, 3.63) is 30.1 Å². The molecule has 1 N–H and O–H groups in total. The van der Waals surface area contributed by atoms with Gasteiger partial charge in [-0.3, -0.25) is 14.2 Å². The molecule has 0 aliphatic rings. The average molecular weight is 320 g/mol. The summed E-state index contributed by atoms with van der Waals surface area (Å²) in [6, 6.07) is 7.32. The Bertz CT molecular complexity index is 699. The quantitative estimate of drug-likeness (QED) is 0.668. The molecule has 0 saturated carbocycles. The van der Waals surface area contributed by atoms with Gasteiger partial charge in [0.25, 0.3) is 0 Å². The first-order chi connectivity index (χ1) is 10.5. The zero-order valence-corrected chi connectivity index (χ0v) is 13.3. The van der Waals surface area contributed by atoms with Gasteiger partial charge in [-0.05, 0) is 25.1 Å². The Morgan fingerprint density at radius 2 is 2.14 bits per heavy atom. The molecule has 7 nitrogen and oxygen atoms in total. The predicted molar refractivity (Wildman–Crippen MR) is 83.1 cm³/mol. The minimum absolute atomic E-state index is 0.141. The maximum Gasteiger partial charge on any atom is 0.316 e. The lowest BCUT2D eigenvalue weighted by Crippen LogP contribution is -2.07. The van der Waals surface area contributed by atoms with Crippen LogP contribution in [0.15, 0.2) is 29.4 Å². The van der Waals surface area contributed by atoms with Crippen molar-refractivity contribution in [1.82, 2.24) is 14.8 Å². The highest BCUT2D eigenvalue weighted by Crippen LogP contribution is 2.23. The van der Waals surface area contributed by atoms with E-state index >= 15 is 0 Å². The smallest absolute Gasteiger partial charge is 0.316 e. The van der Waals surface area contributed by atoms with Gasteiger partial charge >= 0.3 is 5.97 Å². The molecule has 2 aromatic rings. The van der Waals surface area contributed by atoms with E-state index in [1.54, 1.807) is 6.07 Å². The number of rotatable bonds is 5. The summed E-state index contributed by atoms with van der Waals surface area (Å²) in [4.78, 5) is 22.4. The van der Waals surface area contributed by atoms with Crippen LogP contribution in [-0.2, 0) is 14.3 Å². The number of ether oxygens (including phenoxy) is 1. The van der Waals surface area contributed by atoms with E-state index < -0.39 is 0 Å². The molecule has 0 atom stereocenters. The summed E-state index contributed by atoms with van der Waals surface area (Å²) in [5.74, 6) is 0.370. The van der Waals surface area contributed by atoms with Crippen molar-refractivity contribution in [3.63, 3.8) is 0 Å². The van der Waals surface area contributed by atoms with Crippen molar-refractivity contribution in [2.75, 3.05) is 18.2 Å². The van der Waals surface area contributed by atoms with Crippen LogP contribution in [0.3, 0.4) is 0 Å². The van der Waals surface area contributed by atoms with E-state index in [0.717, 1.165) is 5.69 Å². The summed E-state index contributed by atoms with van der Waals surface area (Å²) in [7, 11) is 1.34. The number of hydrogen-bond acceptors (Lipinski definition) is 6. The van der Waals surface area contributed by atoms with Gasteiger partial charge in [-0.2, -0.15) is 0 Å². The number of nitrogens with zero attached hydrogens (tertiary/aromatic N) is 3. The monoisotopic (exact) mass is 320 g/mol. The minimum Gasteiger partial charge on any atom is -0.468 e. The van der Waals surface area contributed by atoms with Gasteiger partial charge in [0.2, 0.25) is 5.91 Å². The van der Waals surface area contributed by atoms with E-state index in [1.165, 1.54) is 25.8 Å². The van der Waals surface area contributed by atoms with Crippen molar-refractivity contribution in [2.24, 2.45) is 0 Å². The second-order valence-corrected chi connectivity index (χ2v) is 5.40.